The molecule has 1 atom stereocenters. The van der Waals surface area contributed by atoms with Crippen LogP contribution in [0.25, 0.3) is 0 Å². The molecule has 0 aliphatic rings. The van der Waals surface area contributed by atoms with Crippen LogP contribution in [0.1, 0.15) is 29.2 Å². The maximum atomic E-state index is 12.9. The van der Waals surface area contributed by atoms with Gasteiger partial charge in [0.15, 0.2) is 15.7 Å². The third kappa shape index (κ3) is 5.03. The highest BCUT2D eigenvalue weighted by Gasteiger charge is 2.20. The predicted octanol–water partition coefficient (Wildman–Crippen LogP) is 2.18. The Labute approximate surface area is 160 Å². The fourth-order valence-corrected chi connectivity index (χ4v) is 3.74. The molecule has 0 fully saturated rings. The first-order chi connectivity index (χ1) is 13.3. The van der Waals surface area contributed by atoms with Crippen LogP contribution in [0.3, 0.4) is 0 Å². The van der Waals surface area contributed by atoms with Crippen LogP contribution in [-0.2, 0) is 22.7 Å². The second-order valence-electron chi connectivity index (χ2n) is 6.20. The summed E-state index contributed by atoms with van der Waals surface area (Å²) in [5, 5.41) is 6.34. The fourth-order valence-electron chi connectivity index (χ4n) is 2.50. The lowest BCUT2D eigenvalue weighted by molar-refractivity contribution is 0.0895. The molecule has 1 N–H and O–H groups in total. The van der Waals surface area contributed by atoms with Crippen molar-refractivity contribution in [2.45, 2.75) is 30.7 Å². The number of amides is 1. The molecule has 10 heteroatoms. The third-order valence-corrected chi connectivity index (χ3v) is 5.63. The summed E-state index contributed by atoms with van der Waals surface area (Å²) in [4.78, 5) is 16.1. The molecule has 3 aromatic rings. The van der Waals surface area contributed by atoms with E-state index in [-0.39, 0.29) is 34.8 Å². The van der Waals surface area contributed by atoms with E-state index in [0.717, 1.165) is 17.9 Å². The minimum Gasteiger partial charge on any atom is -0.469 e. The summed E-state index contributed by atoms with van der Waals surface area (Å²) >= 11 is 0. The van der Waals surface area contributed by atoms with Gasteiger partial charge in [-0.2, -0.15) is 4.98 Å². The van der Waals surface area contributed by atoms with Crippen LogP contribution in [0.5, 0.6) is 0 Å². The average Bonchev–Trinajstić information content (AvgIpc) is 3.32. The molecule has 2 aromatic heterocycles. The van der Waals surface area contributed by atoms with Gasteiger partial charge in [-0.25, -0.2) is 12.8 Å². The molecule has 28 heavy (non-hydrogen) atoms. The van der Waals surface area contributed by atoms with Gasteiger partial charge in [0, 0.05) is 18.9 Å². The van der Waals surface area contributed by atoms with Crippen molar-refractivity contribution in [3.8, 4) is 0 Å². The van der Waals surface area contributed by atoms with Gasteiger partial charge >= 0.3 is 11.8 Å². The molecule has 1 aromatic carbocycles. The largest absolute Gasteiger partial charge is 0.469 e. The predicted molar refractivity (Wildman–Crippen MR) is 95.8 cm³/mol. The summed E-state index contributed by atoms with van der Waals surface area (Å²) in [7, 11) is -3.63. The van der Waals surface area contributed by atoms with Gasteiger partial charge in [0.1, 0.15) is 11.6 Å². The van der Waals surface area contributed by atoms with E-state index in [1.54, 1.807) is 25.3 Å². The minimum atomic E-state index is -3.63. The number of aromatic nitrogens is 2. The van der Waals surface area contributed by atoms with Crippen LogP contribution >= 0.6 is 0 Å². The van der Waals surface area contributed by atoms with Crippen molar-refractivity contribution in [3.05, 3.63) is 66.0 Å². The van der Waals surface area contributed by atoms with E-state index in [4.69, 9.17) is 8.94 Å². The molecule has 0 bridgehead atoms. The van der Waals surface area contributed by atoms with E-state index in [9.17, 15) is 17.6 Å². The lowest BCUT2D eigenvalue weighted by Gasteiger charge is -2.10. The number of nitrogens with one attached hydrogen (secondary N) is 1. The summed E-state index contributed by atoms with van der Waals surface area (Å²) in [5.74, 6) is -0.804. The van der Waals surface area contributed by atoms with E-state index in [1.165, 1.54) is 12.1 Å². The first kappa shape index (κ1) is 19.7. The highest BCUT2D eigenvalue weighted by Crippen LogP contribution is 2.13. The number of benzene rings is 1. The number of halogens is 1. The lowest BCUT2D eigenvalue weighted by atomic mass is 10.2. The topological polar surface area (TPSA) is 115 Å². The van der Waals surface area contributed by atoms with Gasteiger partial charge in [0.05, 0.1) is 16.9 Å². The Morgan fingerprint density at radius 2 is 2.00 bits per heavy atom. The quantitative estimate of drug-likeness (QED) is 0.569. The van der Waals surface area contributed by atoms with Crippen LogP contribution in [0.2, 0.25) is 0 Å². The molecule has 0 unspecified atom stereocenters. The van der Waals surface area contributed by atoms with Crippen LogP contribution in [0.15, 0.2) is 56.5 Å². The molecule has 148 valence electrons. The van der Waals surface area contributed by atoms with Gasteiger partial charge in [0.25, 0.3) is 0 Å². The molecule has 3 rings (SSSR count). The van der Waals surface area contributed by atoms with Gasteiger partial charge in [-0.3, -0.25) is 4.79 Å². The molecule has 0 spiro atoms. The second-order valence-corrected chi connectivity index (χ2v) is 8.31. The first-order valence-electron chi connectivity index (χ1n) is 8.47. The van der Waals surface area contributed by atoms with Gasteiger partial charge in [-0.05, 0) is 43.3 Å². The Bertz CT molecular complexity index is 1030. The molecule has 0 saturated carbocycles. The molecule has 0 aliphatic carbocycles. The fraction of sp³-hybridized carbons (Fsp3) is 0.278. The van der Waals surface area contributed by atoms with Crippen molar-refractivity contribution in [3.63, 3.8) is 0 Å². The van der Waals surface area contributed by atoms with E-state index in [2.05, 4.69) is 15.5 Å². The van der Waals surface area contributed by atoms with Gasteiger partial charge in [-0.15, -0.1) is 0 Å². The molecule has 0 saturated heterocycles. The Kier molecular flexibility index (Phi) is 5.88. The van der Waals surface area contributed by atoms with E-state index < -0.39 is 21.6 Å². The van der Waals surface area contributed by atoms with Crippen LogP contribution in [0.4, 0.5) is 4.39 Å². The van der Waals surface area contributed by atoms with Gasteiger partial charge < -0.3 is 14.3 Å². The van der Waals surface area contributed by atoms with E-state index in [1.807, 2.05) is 0 Å². The van der Waals surface area contributed by atoms with Crippen molar-refractivity contribution in [1.82, 2.24) is 15.5 Å². The highest BCUT2D eigenvalue weighted by atomic mass is 32.2. The zero-order chi connectivity index (χ0) is 20.1. The van der Waals surface area contributed by atoms with Crippen LogP contribution in [-0.4, -0.2) is 36.3 Å². The number of carbonyl (C=O) groups is 1. The number of hydrogen-bond acceptors (Lipinski definition) is 7. The van der Waals surface area contributed by atoms with Crippen molar-refractivity contribution >= 4 is 15.7 Å². The second kappa shape index (κ2) is 8.34. The molecule has 1 amide bonds. The van der Waals surface area contributed by atoms with E-state index >= 15 is 0 Å². The van der Waals surface area contributed by atoms with E-state index in [0.29, 0.717) is 6.42 Å². The third-order valence-electron chi connectivity index (χ3n) is 3.89. The zero-order valence-corrected chi connectivity index (χ0v) is 15.8. The number of rotatable bonds is 8. The molecular formula is C18H18FN3O5S. The van der Waals surface area contributed by atoms with Crippen molar-refractivity contribution in [2.75, 3.05) is 5.75 Å². The number of sulfone groups is 1. The molecule has 0 radical (unpaired) electrons. The first-order valence-corrected chi connectivity index (χ1v) is 10.1. The average molecular weight is 407 g/mol. The number of aryl methyl sites for hydroxylation is 1. The van der Waals surface area contributed by atoms with Crippen molar-refractivity contribution < 1.29 is 26.5 Å². The Balaban J connectivity index is 1.56. The number of carbonyl (C=O) groups excluding carboxylic acids is 1. The smallest absolute Gasteiger partial charge is 0.315 e. The Hall–Kier alpha value is -3.01. The maximum absolute atomic E-state index is 12.9. The molecule has 8 nitrogen and oxygen atoms in total. The summed E-state index contributed by atoms with van der Waals surface area (Å²) in [6.07, 6.45) is 2.00. The molecule has 0 aliphatic heterocycles. The highest BCUT2D eigenvalue weighted by molar-refractivity contribution is 7.91. The summed E-state index contributed by atoms with van der Waals surface area (Å²) in [5.41, 5.74) is 0. The van der Waals surface area contributed by atoms with Crippen molar-refractivity contribution in [1.29, 1.82) is 0 Å². The summed E-state index contributed by atoms with van der Waals surface area (Å²) < 4.78 is 47.6. The maximum Gasteiger partial charge on any atom is 0.315 e. The van der Waals surface area contributed by atoms with Crippen molar-refractivity contribution in [2.24, 2.45) is 0 Å². The summed E-state index contributed by atoms with van der Waals surface area (Å²) in [6, 6.07) is 7.87. The number of hydrogen-bond donors (Lipinski definition) is 1. The standard InChI is InChI=1S/C18H18FN3O5S/c1-12(11-14-3-2-9-26-14)20-17(23)18-21-16(22-27-18)8-10-28(24,25)15-6-4-13(19)5-7-15/h2-7,9,12H,8,10-11H2,1H3,(H,20,23)/t12-/m0/s1. The Morgan fingerprint density at radius 3 is 2.68 bits per heavy atom. The number of nitrogens with zero attached hydrogens (tertiary/aromatic N) is 2. The molecule has 2 heterocycles. The van der Waals surface area contributed by atoms with Crippen LogP contribution < -0.4 is 5.32 Å². The monoisotopic (exact) mass is 407 g/mol. The zero-order valence-electron chi connectivity index (χ0n) is 15.0. The lowest BCUT2D eigenvalue weighted by Crippen LogP contribution is -2.34. The van der Waals surface area contributed by atoms with Gasteiger partial charge in [-0.1, -0.05) is 5.16 Å². The minimum absolute atomic E-state index is 0.00196. The van der Waals surface area contributed by atoms with Crippen LogP contribution in [0, 0.1) is 5.82 Å². The number of furan rings is 1. The normalized spacial score (nSPS) is 12.6. The molecular weight excluding hydrogens is 389 g/mol. The van der Waals surface area contributed by atoms with Gasteiger partial charge in [0.2, 0.25) is 0 Å². The Morgan fingerprint density at radius 1 is 1.25 bits per heavy atom. The SMILES string of the molecule is C[C@@H](Cc1ccco1)NC(=O)c1nc(CCS(=O)(=O)c2ccc(F)cc2)no1. The summed E-state index contributed by atoms with van der Waals surface area (Å²) in [6.45, 7) is 1.80.